The van der Waals surface area contributed by atoms with Crippen molar-refractivity contribution in [2.45, 2.75) is 37.7 Å². The quantitative estimate of drug-likeness (QED) is 0.284. The fourth-order valence-electron chi connectivity index (χ4n) is 2.43. The molecule has 0 aliphatic heterocycles. The molecule has 0 aliphatic rings. The van der Waals surface area contributed by atoms with E-state index >= 15 is 0 Å². The average Bonchev–Trinajstić information content (AvgIpc) is 2.62. The molecule has 4 heteroatoms. The third kappa shape index (κ3) is 4.69. The highest BCUT2D eigenvalue weighted by atomic mass is 79.9. The van der Waals surface area contributed by atoms with Gasteiger partial charge in [0, 0.05) is 22.2 Å². The molecule has 0 bridgehead atoms. The second kappa shape index (κ2) is 9.36. The summed E-state index contributed by atoms with van der Waals surface area (Å²) in [6.45, 7) is 2.59. The lowest BCUT2D eigenvalue weighted by Crippen LogP contribution is -2.34. The molecule has 0 saturated heterocycles. The molecule has 127 valence electrons. The van der Waals surface area contributed by atoms with Gasteiger partial charge in [0.25, 0.3) is 0 Å². The zero-order chi connectivity index (χ0) is 17.4. The summed E-state index contributed by atoms with van der Waals surface area (Å²) >= 11 is 10.1. The fourth-order valence-corrected chi connectivity index (χ4v) is 3.17. The van der Waals surface area contributed by atoms with E-state index in [9.17, 15) is 4.79 Å². The normalized spacial score (nSPS) is 13.5. The first-order valence-corrected chi connectivity index (χ1v) is 9.36. The Kier molecular flexibility index (Phi) is 7.47. The van der Waals surface area contributed by atoms with Gasteiger partial charge in [-0.3, -0.25) is 4.79 Å². The Labute approximate surface area is 157 Å². The van der Waals surface area contributed by atoms with Crippen molar-refractivity contribution >= 4 is 33.3 Å². The highest BCUT2D eigenvalue weighted by molar-refractivity contribution is 9.10. The highest BCUT2D eigenvalue weighted by Gasteiger charge is 2.40. The van der Waals surface area contributed by atoms with Gasteiger partial charge < -0.3 is 4.74 Å². The molecule has 0 aromatic heterocycles. The van der Waals surface area contributed by atoms with Crippen LogP contribution in [0.5, 0.6) is 0 Å². The largest absolute Gasteiger partial charge is 0.349 e. The maximum absolute atomic E-state index is 13.1. The van der Waals surface area contributed by atoms with Gasteiger partial charge in [-0.15, -0.1) is 0 Å². The van der Waals surface area contributed by atoms with Gasteiger partial charge in [0.05, 0.1) is 0 Å². The first-order valence-electron chi connectivity index (χ1n) is 8.19. The number of unbranched alkanes of at least 4 members (excludes halogenated alkanes) is 3. The van der Waals surface area contributed by atoms with Gasteiger partial charge in [0.15, 0.2) is 0 Å². The second-order valence-electron chi connectivity index (χ2n) is 5.59. The minimum absolute atomic E-state index is 0.307. The van der Waals surface area contributed by atoms with Crippen LogP contribution in [0.3, 0.4) is 0 Å². The summed E-state index contributed by atoms with van der Waals surface area (Å²) in [5.74, 6) is -0.307. The number of hydrogen-bond acceptors (Lipinski definition) is 2. The van der Waals surface area contributed by atoms with E-state index < -0.39 is 5.06 Å². The molecule has 0 saturated carbocycles. The van der Waals surface area contributed by atoms with E-state index in [0.717, 1.165) is 25.7 Å². The number of alkyl halides is 1. The molecule has 0 spiro atoms. The zero-order valence-electron chi connectivity index (χ0n) is 13.7. The Morgan fingerprint density at radius 2 is 1.92 bits per heavy atom. The molecule has 1 radical (unpaired) electrons. The van der Waals surface area contributed by atoms with Crippen LogP contribution in [0.2, 0.25) is 0 Å². The molecule has 24 heavy (non-hydrogen) atoms. The smallest absolute Gasteiger partial charge is 0.231 e. The third-order valence-corrected chi connectivity index (χ3v) is 4.93. The van der Waals surface area contributed by atoms with Crippen LogP contribution in [0, 0.1) is 6.07 Å². The number of ether oxygens (including phenoxy) is 1. The monoisotopic (exact) mass is 407 g/mol. The molecule has 2 aromatic rings. The maximum Gasteiger partial charge on any atom is 0.231 e. The minimum atomic E-state index is -1.53. The standard InChI is InChI=1S/C20H21BrClO2/c1-2-3-4-10-15-24-20(22,16-11-6-5-7-12-16)19(23)17-13-8-9-14-18(17)21/h5-9,11-12,14H,2-4,10,15H2,1H3. The maximum atomic E-state index is 13.1. The number of rotatable bonds is 9. The molecule has 0 N–H and O–H groups in total. The summed E-state index contributed by atoms with van der Waals surface area (Å²) in [5.41, 5.74) is 1.03. The number of benzene rings is 2. The van der Waals surface area contributed by atoms with Crippen molar-refractivity contribution in [1.82, 2.24) is 0 Å². The Morgan fingerprint density at radius 3 is 2.58 bits per heavy atom. The van der Waals surface area contributed by atoms with Crippen LogP contribution >= 0.6 is 27.5 Å². The van der Waals surface area contributed by atoms with Gasteiger partial charge in [0.2, 0.25) is 10.8 Å². The van der Waals surface area contributed by atoms with Gasteiger partial charge in [-0.25, -0.2) is 0 Å². The van der Waals surface area contributed by atoms with Crippen LogP contribution in [-0.2, 0) is 9.80 Å². The van der Waals surface area contributed by atoms with Gasteiger partial charge in [-0.05, 0) is 18.6 Å². The molecular formula is C20H21BrClO2. The Morgan fingerprint density at radius 1 is 1.17 bits per heavy atom. The second-order valence-corrected chi connectivity index (χ2v) is 6.98. The van der Waals surface area contributed by atoms with Crippen LogP contribution in [-0.4, -0.2) is 12.4 Å². The number of carbonyl (C=O) groups excluding carboxylic acids is 1. The summed E-state index contributed by atoms with van der Waals surface area (Å²) in [4.78, 5) is 13.1. The van der Waals surface area contributed by atoms with Crippen molar-refractivity contribution in [1.29, 1.82) is 0 Å². The van der Waals surface area contributed by atoms with E-state index in [1.807, 2.05) is 36.4 Å². The van der Waals surface area contributed by atoms with Crippen LogP contribution in [0.1, 0.15) is 48.5 Å². The predicted molar refractivity (Wildman–Crippen MR) is 101 cm³/mol. The summed E-state index contributed by atoms with van der Waals surface area (Å²) in [5, 5.41) is -1.53. The van der Waals surface area contributed by atoms with Crippen LogP contribution in [0.4, 0.5) is 0 Å². The number of halogens is 2. The number of Topliss-reactive ketones (excluding diaryl/α,β-unsaturated/α-hetero) is 1. The Hall–Kier alpha value is -1.16. The molecule has 0 aliphatic carbocycles. The molecule has 1 atom stereocenters. The van der Waals surface area contributed by atoms with Crippen molar-refractivity contribution in [3.05, 3.63) is 70.2 Å². The fraction of sp³-hybridized carbons (Fsp3) is 0.350. The Bertz CT molecular complexity index is 660. The highest BCUT2D eigenvalue weighted by Crippen LogP contribution is 2.36. The summed E-state index contributed by atoms with van der Waals surface area (Å²) in [6.07, 6.45) is 4.24. The lowest BCUT2D eigenvalue weighted by Gasteiger charge is -2.27. The lowest BCUT2D eigenvalue weighted by atomic mass is 9.99. The van der Waals surface area contributed by atoms with Crippen molar-refractivity contribution in [3.63, 3.8) is 0 Å². The van der Waals surface area contributed by atoms with E-state index in [1.54, 1.807) is 12.1 Å². The Balaban J connectivity index is 2.26. The summed E-state index contributed by atoms with van der Waals surface area (Å²) in [7, 11) is 0. The molecule has 1 unspecified atom stereocenters. The average molecular weight is 409 g/mol. The van der Waals surface area contributed by atoms with Gasteiger partial charge in [0.1, 0.15) is 0 Å². The molecule has 2 nitrogen and oxygen atoms in total. The van der Waals surface area contributed by atoms with E-state index in [-0.39, 0.29) is 5.78 Å². The molecule has 0 heterocycles. The molecule has 2 aromatic carbocycles. The SMILES string of the molecule is CCCCCCOC(Cl)(C(=O)c1[c]cccc1Br)c1ccccc1. The molecule has 0 fully saturated rings. The van der Waals surface area contributed by atoms with E-state index in [4.69, 9.17) is 16.3 Å². The summed E-state index contributed by atoms with van der Waals surface area (Å²) < 4.78 is 6.57. The van der Waals surface area contributed by atoms with E-state index in [2.05, 4.69) is 28.9 Å². The molecule has 0 amide bonds. The van der Waals surface area contributed by atoms with Crippen molar-refractivity contribution < 1.29 is 9.53 Å². The summed E-state index contributed by atoms with van der Waals surface area (Å²) in [6, 6.07) is 17.5. The van der Waals surface area contributed by atoms with Crippen molar-refractivity contribution in [2.75, 3.05) is 6.61 Å². The van der Waals surface area contributed by atoms with E-state index in [0.29, 0.717) is 22.2 Å². The molecular weight excluding hydrogens is 388 g/mol. The third-order valence-electron chi connectivity index (χ3n) is 3.77. The van der Waals surface area contributed by atoms with Gasteiger partial charge in [-0.2, -0.15) is 0 Å². The number of carbonyl (C=O) groups is 1. The van der Waals surface area contributed by atoms with Crippen LogP contribution in [0.15, 0.2) is 53.0 Å². The zero-order valence-corrected chi connectivity index (χ0v) is 16.1. The minimum Gasteiger partial charge on any atom is -0.349 e. The number of ketones is 1. The van der Waals surface area contributed by atoms with Crippen LogP contribution in [0.25, 0.3) is 0 Å². The predicted octanol–water partition coefficient (Wildman–Crippen LogP) is 6.12. The van der Waals surface area contributed by atoms with Crippen molar-refractivity contribution in [2.24, 2.45) is 0 Å². The van der Waals surface area contributed by atoms with Gasteiger partial charge >= 0.3 is 0 Å². The molecule has 2 rings (SSSR count). The van der Waals surface area contributed by atoms with Crippen molar-refractivity contribution in [3.8, 4) is 0 Å². The van der Waals surface area contributed by atoms with E-state index in [1.165, 1.54) is 0 Å². The topological polar surface area (TPSA) is 26.3 Å². The first kappa shape index (κ1) is 19.2. The lowest BCUT2D eigenvalue weighted by molar-refractivity contribution is 0.0170. The first-order chi connectivity index (χ1) is 11.6. The van der Waals surface area contributed by atoms with Gasteiger partial charge in [-0.1, -0.05) is 96.2 Å². The van der Waals surface area contributed by atoms with Crippen LogP contribution < -0.4 is 0 Å². The number of hydrogen-bond donors (Lipinski definition) is 0.